The Kier molecular flexibility index (Phi) is 3.90. The molecule has 1 aliphatic carbocycles. The maximum absolute atomic E-state index is 6.11. The van der Waals surface area contributed by atoms with Gasteiger partial charge in [-0.25, -0.2) is 0 Å². The lowest BCUT2D eigenvalue weighted by atomic mass is 9.83. The van der Waals surface area contributed by atoms with Crippen LogP contribution in [-0.4, -0.2) is 24.0 Å². The number of fused-ring (bicyclic) bond motifs is 1. The van der Waals surface area contributed by atoms with E-state index in [2.05, 4.69) is 36.1 Å². The van der Waals surface area contributed by atoms with E-state index in [4.69, 9.17) is 5.73 Å². The second-order valence-corrected chi connectivity index (χ2v) is 6.36. The van der Waals surface area contributed by atoms with Gasteiger partial charge in [-0.2, -0.15) is 0 Å². The molecule has 1 heterocycles. The molecule has 1 aliphatic heterocycles. The summed E-state index contributed by atoms with van der Waals surface area (Å²) in [5.41, 5.74) is 9.10. The minimum absolute atomic E-state index is 0.445. The number of benzene rings is 1. The molecule has 3 atom stereocenters. The van der Waals surface area contributed by atoms with E-state index in [1.54, 1.807) is 0 Å². The summed E-state index contributed by atoms with van der Waals surface area (Å²) in [5, 5.41) is 0. The van der Waals surface area contributed by atoms with Gasteiger partial charge in [-0.3, -0.25) is 4.90 Å². The van der Waals surface area contributed by atoms with Gasteiger partial charge in [-0.15, -0.1) is 0 Å². The van der Waals surface area contributed by atoms with Gasteiger partial charge in [0.2, 0.25) is 0 Å². The molecule has 0 amide bonds. The zero-order chi connectivity index (χ0) is 13.2. The van der Waals surface area contributed by atoms with Crippen molar-refractivity contribution in [3.63, 3.8) is 0 Å². The van der Waals surface area contributed by atoms with Gasteiger partial charge in [-0.05, 0) is 36.3 Å². The molecule has 104 valence electrons. The summed E-state index contributed by atoms with van der Waals surface area (Å²) in [6, 6.07) is 10.1. The monoisotopic (exact) mass is 258 g/mol. The SMILES string of the molecule is CC1CCCC(N2CCc3ccccc3C2CN)C1. The largest absolute Gasteiger partial charge is 0.329 e. The molecular weight excluding hydrogens is 232 g/mol. The van der Waals surface area contributed by atoms with Gasteiger partial charge >= 0.3 is 0 Å². The van der Waals surface area contributed by atoms with E-state index in [9.17, 15) is 0 Å². The summed E-state index contributed by atoms with van der Waals surface area (Å²) in [4.78, 5) is 2.71. The van der Waals surface area contributed by atoms with Crippen molar-refractivity contribution < 1.29 is 0 Å². The first kappa shape index (κ1) is 13.1. The number of hydrogen-bond donors (Lipinski definition) is 1. The van der Waals surface area contributed by atoms with Gasteiger partial charge in [-0.1, -0.05) is 44.0 Å². The van der Waals surface area contributed by atoms with Crippen LogP contribution in [0.3, 0.4) is 0 Å². The molecule has 0 spiro atoms. The molecule has 0 aromatic heterocycles. The summed E-state index contributed by atoms with van der Waals surface area (Å²) in [7, 11) is 0. The summed E-state index contributed by atoms with van der Waals surface area (Å²) in [5.74, 6) is 0.884. The molecule has 2 heteroatoms. The normalized spacial score (nSPS) is 32.0. The molecule has 0 radical (unpaired) electrons. The fraction of sp³-hybridized carbons (Fsp3) is 0.647. The molecular formula is C17H26N2. The highest BCUT2D eigenvalue weighted by Crippen LogP contribution is 2.36. The maximum Gasteiger partial charge on any atom is 0.0476 e. The number of rotatable bonds is 2. The van der Waals surface area contributed by atoms with E-state index < -0.39 is 0 Å². The Bertz CT molecular complexity index is 429. The second kappa shape index (κ2) is 5.64. The van der Waals surface area contributed by atoms with Gasteiger partial charge < -0.3 is 5.73 Å². The van der Waals surface area contributed by atoms with Crippen molar-refractivity contribution in [3.05, 3.63) is 35.4 Å². The molecule has 19 heavy (non-hydrogen) atoms. The third kappa shape index (κ3) is 2.56. The molecule has 1 aromatic carbocycles. The first-order valence-electron chi connectivity index (χ1n) is 7.83. The van der Waals surface area contributed by atoms with Gasteiger partial charge in [0.15, 0.2) is 0 Å². The zero-order valence-electron chi connectivity index (χ0n) is 12.0. The lowest BCUT2D eigenvalue weighted by Crippen LogP contribution is -2.47. The third-order valence-electron chi connectivity index (χ3n) is 5.05. The molecule has 0 bridgehead atoms. The van der Waals surface area contributed by atoms with E-state index in [0.717, 1.165) is 18.5 Å². The summed E-state index contributed by atoms with van der Waals surface area (Å²) < 4.78 is 0. The lowest BCUT2D eigenvalue weighted by molar-refractivity contribution is 0.0840. The van der Waals surface area contributed by atoms with Gasteiger partial charge in [0, 0.05) is 25.2 Å². The van der Waals surface area contributed by atoms with Gasteiger partial charge in [0.05, 0.1) is 0 Å². The molecule has 2 N–H and O–H groups in total. The van der Waals surface area contributed by atoms with E-state index >= 15 is 0 Å². The average Bonchev–Trinajstić information content (AvgIpc) is 2.46. The quantitative estimate of drug-likeness (QED) is 0.883. The molecule has 1 fully saturated rings. The number of nitrogens with zero attached hydrogens (tertiary/aromatic N) is 1. The third-order valence-corrected chi connectivity index (χ3v) is 5.05. The zero-order valence-corrected chi connectivity index (χ0v) is 12.0. The summed E-state index contributed by atoms with van der Waals surface area (Å²) in [6.45, 7) is 4.35. The predicted octanol–water partition coefficient (Wildman–Crippen LogP) is 3.12. The smallest absolute Gasteiger partial charge is 0.0476 e. The molecule has 2 aliphatic rings. The summed E-state index contributed by atoms with van der Waals surface area (Å²) in [6.07, 6.45) is 6.72. The minimum Gasteiger partial charge on any atom is -0.329 e. The van der Waals surface area contributed by atoms with Crippen LogP contribution in [0.15, 0.2) is 24.3 Å². The van der Waals surface area contributed by atoms with Crippen molar-refractivity contribution in [2.24, 2.45) is 11.7 Å². The van der Waals surface area contributed by atoms with Crippen LogP contribution in [0.5, 0.6) is 0 Å². The Labute approximate surface area is 117 Å². The Hall–Kier alpha value is -0.860. The maximum atomic E-state index is 6.11. The second-order valence-electron chi connectivity index (χ2n) is 6.36. The van der Waals surface area contributed by atoms with Crippen LogP contribution in [0.1, 0.15) is 49.8 Å². The first-order chi connectivity index (χ1) is 9.29. The first-order valence-corrected chi connectivity index (χ1v) is 7.83. The number of hydrogen-bond acceptors (Lipinski definition) is 2. The van der Waals surface area contributed by atoms with Crippen molar-refractivity contribution in [3.8, 4) is 0 Å². The van der Waals surface area contributed by atoms with Crippen LogP contribution in [-0.2, 0) is 6.42 Å². The molecule has 3 rings (SSSR count). The molecule has 1 saturated carbocycles. The Morgan fingerprint density at radius 2 is 2.11 bits per heavy atom. The van der Waals surface area contributed by atoms with E-state index in [1.165, 1.54) is 49.8 Å². The fourth-order valence-electron chi connectivity index (χ4n) is 4.07. The van der Waals surface area contributed by atoms with E-state index in [-0.39, 0.29) is 0 Å². The van der Waals surface area contributed by atoms with Gasteiger partial charge in [0.25, 0.3) is 0 Å². The Balaban J connectivity index is 1.83. The van der Waals surface area contributed by atoms with Crippen molar-refractivity contribution in [1.29, 1.82) is 0 Å². The van der Waals surface area contributed by atoms with E-state index in [1.807, 2.05) is 0 Å². The molecule has 0 saturated heterocycles. The topological polar surface area (TPSA) is 29.3 Å². The van der Waals surface area contributed by atoms with Crippen LogP contribution in [0.4, 0.5) is 0 Å². The van der Waals surface area contributed by atoms with Crippen LogP contribution in [0, 0.1) is 5.92 Å². The van der Waals surface area contributed by atoms with Crippen LogP contribution < -0.4 is 5.73 Å². The average molecular weight is 258 g/mol. The molecule has 3 unspecified atom stereocenters. The van der Waals surface area contributed by atoms with Crippen LogP contribution >= 0.6 is 0 Å². The van der Waals surface area contributed by atoms with Crippen molar-refractivity contribution >= 4 is 0 Å². The van der Waals surface area contributed by atoms with Crippen LogP contribution in [0.2, 0.25) is 0 Å². The highest BCUT2D eigenvalue weighted by molar-refractivity contribution is 5.33. The Morgan fingerprint density at radius 1 is 1.26 bits per heavy atom. The predicted molar refractivity (Wildman–Crippen MR) is 80.1 cm³/mol. The minimum atomic E-state index is 0.445. The molecule has 2 nitrogen and oxygen atoms in total. The van der Waals surface area contributed by atoms with Crippen molar-refractivity contribution in [2.75, 3.05) is 13.1 Å². The highest BCUT2D eigenvalue weighted by atomic mass is 15.2. The van der Waals surface area contributed by atoms with E-state index in [0.29, 0.717) is 6.04 Å². The van der Waals surface area contributed by atoms with Crippen LogP contribution in [0.25, 0.3) is 0 Å². The lowest BCUT2D eigenvalue weighted by Gasteiger charge is -2.44. The Morgan fingerprint density at radius 3 is 2.89 bits per heavy atom. The van der Waals surface area contributed by atoms with Crippen molar-refractivity contribution in [1.82, 2.24) is 4.90 Å². The molecule has 1 aromatic rings. The van der Waals surface area contributed by atoms with Gasteiger partial charge in [0.1, 0.15) is 0 Å². The standard InChI is InChI=1S/C17H26N2/c1-13-5-4-7-15(11-13)19-10-9-14-6-2-3-8-16(14)17(19)12-18/h2-3,6,8,13,15,17H,4-5,7,9-12,18H2,1H3. The van der Waals surface area contributed by atoms with Crippen molar-refractivity contribution in [2.45, 2.75) is 51.1 Å². The highest BCUT2D eigenvalue weighted by Gasteiger charge is 2.33. The summed E-state index contributed by atoms with van der Waals surface area (Å²) >= 11 is 0. The fourth-order valence-corrected chi connectivity index (χ4v) is 4.07. The number of nitrogens with two attached hydrogens (primary N) is 1.